The van der Waals surface area contributed by atoms with Crippen LogP contribution in [-0.4, -0.2) is 65.2 Å². The van der Waals surface area contributed by atoms with E-state index in [4.69, 9.17) is 0 Å². The molecule has 0 N–H and O–H groups in total. The highest BCUT2D eigenvalue weighted by atomic mass is 32.2. The second-order valence-corrected chi connectivity index (χ2v) is 7.95. The van der Waals surface area contributed by atoms with Gasteiger partial charge in [0.15, 0.2) is 0 Å². The largest absolute Gasteiger partial charge is 0.339 e. The predicted octanol–water partition coefficient (Wildman–Crippen LogP) is 0.363. The Morgan fingerprint density at radius 3 is 2.77 bits per heavy atom. The first-order valence-corrected chi connectivity index (χ1v) is 9.09. The highest BCUT2D eigenvalue weighted by Crippen LogP contribution is 2.34. The molecule has 0 aromatic carbocycles. The lowest BCUT2D eigenvalue weighted by Crippen LogP contribution is -2.34. The van der Waals surface area contributed by atoms with Crippen molar-refractivity contribution in [3.8, 4) is 0 Å². The van der Waals surface area contributed by atoms with Gasteiger partial charge >= 0.3 is 0 Å². The van der Waals surface area contributed by atoms with Crippen molar-refractivity contribution in [2.24, 2.45) is 5.92 Å². The second-order valence-electron chi connectivity index (χ2n) is 5.79. The summed E-state index contributed by atoms with van der Waals surface area (Å²) in [5.74, 6) is 0.0259. The summed E-state index contributed by atoms with van der Waals surface area (Å²) in [6.45, 7) is 4.05. The SMILES string of the molecule is CCN1C[C@H]2CCN(C(=O)c3ccnnc3)CC[C@H]2S1(=O)=O. The number of carbonyl (C=O) groups excluding carboxylic acids is 1. The van der Waals surface area contributed by atoms with E-state index in [0.29, 0.717) is 38.2 Å². The van der Waals surface area contributed by atoms with E-state index in [1.165, 1.54) is 12.4 Å². The number of aromatic nitrogens is 2. The highest BCUT2D eigenvalue weighted by Gasteiger charge is 2.46. The van der Waals surface area contributed by atoms with Crippen LogP contribution in [0.25, 0.3) is 0 Å². The highest BCUT2D eigenvalue weighted by molar-refractivity contribution is 7.90. The van der Waals surface area contributed by atoms with Gasteiger partial charge in [0.2, 0.25) is 10.0 Å². The van der Waals surface area contributed by atoms with E-state index in [1.54, 1.807) is 15.3 Å². The molecule has 0 bridgehead atoms. The lowest BCUT2D eigenvalue weighted by atomic mass is 10.0. The Labute approximate surface area is 130 Å². The molecule has 0 spiro atoms. The van der Waals surface area contributed by atoms with Crippen LogP contribution in [0.3, 0.4) is 0 Å². The summed E-state index contributed by atoms with van der Waals surface area (Å²) in [6.07, 6.45) is 4.17. The third kappa shape index (κ3) is 2.61. The van der Waals surface area contributed by atoms with E-state index in [2.05, 4.69) is 10.2 Å². The van der Waals surface area contributed by atoms with Gasteiger partial charge in [-0.2, -0.15) is 10.2 Å². The fourth-order valence-corrected chi connectivity index (χ4v) is 5.66. The summed E-state index contributed by atoms with van der Waals surface area (Å²) >= 11 is 0. The topological polar surface area (TPSA) is 83.5 Å². The van der Waals surface area contributed by atoms with Crippen molar-refractivity contribution < 1.29 is 13.2 Å². The predicted molar refractivity (Wildman–Crippen MR) is 80.6 cm³/mol. The summed E-state index contributed by atoms with van der Waals surface area (Å²) in [7, 11) is -3.20. The zero-order chi connectivity index (χ0) is 15.7. The minimum absolute atomic E-state index is 0.0976. The molecule has 7 nitrogen and oxygen atoms in total. The molecular weight excluding hydrogens is 304 g/mol. The summed E-state index contributed by atoms with van der Waals surface area (Å²) in [5, 5.41) is 7.05. The zero-order valence-corrected chi connectivity index (χ0v) is 13.4. The minimum Gasteiger partial charge on any atom is -0.339 e. The first-order chi connectivity index (χ1) is 10.5. The van der Waals surface area contributed by atoms with Crippen molar-refractivity contribution in [3.05, 3.63) is 24.0 Å². The molecule has 0 aliphatic carbocycles. The van der Waals surface area contributed by atoms with Gasteiger partial charge in [0.05, 0.1) is 23.2 Å². The standard InChI is InChI=1S/C14H20N4O3S/c1-2-18-10-12-4-7-17(8-5-13(12)22(18,20)21)14(19)11-3-6-15-16-9-11/h3,6,9,12-13H,2,4-5,7-8,10H2,1H3/t12-,13-/m1/s1. The molecule has 1 amide bonds. The van der Waals surface area contributed by atoms with Gasteiger partial charge in [-0.25, -0.2) is 12.7 Å². The molecular formula is C14H20N4O3S. The molecule has 2 fully saturated rings. The molecule has 120 valence electrons. The van der Waals surface area contributed by atoms with E-state index in [0.717, 1.165) is 6.42 Å². The summed E-state index contributed by atoms with van der Waals surface area (Å²) in [6, 6.07) is 1.64. The van der Waals surface area contributed by atoms with Crippen LogP contribution in [-0.2, 0) is 10.0 Å². The Morgan fingerprint density at radius 1 is 1.32 bits per heavy atom. The Morgan fingerprint density at radius 2 is 2.09 bits per heavy atom. The van der Waals surface area contributed by atoms with Crippen LogP contribution in [0.5, 0.6) is 0 Å². The Bertz CT molecular complexity index is 649. The first kappa shape index (κ1) is 15.4. The van der Waals surface area contributed by atoms with Gasteiger partial charge in [0.1, 0.15) is 0 Å². The maximum absolute atomic E-state index is 12.5. The Hall–Kier alpha value is -1.54. The van der Waals surface area contributed by atoms with E-state index in [-0.39, 0.29) is 17.1 Å². The number of carbonyl (C=O) groups is 1. The second kappa shape index (κ2) is 5.92. The quantitative estimate of drug-likeness (QED) is 0.784. The van der Waals surface area contributed by atoms with E-state index >= 15 is 0 Å². The number of nitrogens with zero attached hydrogens (tertiary/aromatic N) is 4. The lowest BCUT2D eigenvalue weighted by Gasteiger charge is -2.21. The molecule has 1 aromatic rings. The first-order valence-electron chi connectivity index (χ1n) is 7.59. The van der Waals surface area contributed by atoms with Crippen molar-refractivity contribution in [1.82, 2.24) is 19.4 Å². The molecule has 0 unspecified atom stereocenters. The van der Waals surface area contributed by atoms with Gasteiger partial charge in [-0.3, -0.25) is 4.79 Å². The number of hydrogen-bond donors (Lipinski definition) is 0. The molecule has 2 saturated heterocycles. The van der Waals surface area contributed by atoms with Crippen LogP contribution in [0, 0.1) is 5.92 Å². The average Bonchev–Trinajstić information content (AvgIpc) is 2.68. The lowest BCUT2D eigenvalue weighted by molar-refractivity contribution is 0.0758. The minimum atomic E-state index is -3.20. The monoisotopic (exact) mass is 324 g/mol. The van der Waals surface area contributed by atoms with Gasteiger partial charge in [-0.1, -0.05) is 6.92 Å². The molecule has 8 heteroatoms. The van der Waals surface area contributed by atoms with Crippen molar-refractivity contribution in [1.29, 1.82) is 0 Å². The third-order valence-corrected chi connectivity index (χ3v) is 7.14. The Kier molecular flexibility index (Phi) is 4.14. The van der Waals surface area contributed by atoms with Gasteiger partial charge in [0.25, 0.3) is 5.91 Å². The van der Waals surface area contributed by atoms with Gasteiger partial charge in [0, 0.05) is 26.2 Å². The molecule has 3 rings (SSSR count). The van der Waals surface area contributed by atoms with Gasteiger partial charge in [-0.05, 0) is 24.8 Å². The van der Waals surface area contributed by atoms with E-state index in [9.17, 15) is 13.2 Å². The zero-order valence-electron chi connectivity index (χ0n) is 12.6. The number of amides is 1. The van der Waals surface area contributed by atoms with Crippen molar-refractivity contribution >= 4 is 15.9 Å². The molecule has 3 heterocycles. The molecule has 2 aliphatic rings. The van der Waals surface area contributed by atoms with Crippen molar-refractivity contribution in [2.45, 2.75) is 25.0 Å². The summed E-state index contributed by atoms with van der Waals surface area (Å²) in [5.41, 5.74) is 0.500. The van der Waals surface area contributed by atoms with Crippen LogP contribution < -0.4 is 0 Å². The Balaban J connectivity index is 1.74. The summed E-state index contributed by atoms with van der Waals surface area (Å²) < 4.78 is 26.5. The average molecular weight is 324 g/mol. The summed E-state index contributed by atoms with van der Waals surface area (Å²) in [4.78, 5) is 14.2. The van der Waals surface area contributed by atoms with E-state index < -0.39 is 10.0 Å². The number of fused-ring (bicyclic) bond motifs is 1. The van der Waals surface area contributed by atoms with Gasteiger partial charge < -0.3 is 4.90 Å². The van der Waals surface area contributed by atoms with Crippen LogP contribution in [0.1, 0.15) is 30.1 Å². The molecule has 22 heavy (non-hydrogen) atoms. The molecule has 2 atom stereocenters. The van der Waals surface area contributed by atoms with Crippen LogP contribution in [0.4, 0.5) is 0 Å². The van der Waals surface area contributed by atoms with Crippen LogP contribution in [0.15, 0.2) is 18.5 Å². The maximum Gasteiger partial charge on any atom is 0.255 e. The van der Waals surface area contributed by atoms with Crippen LogP contribution >= 0.6 is 0 Å². The van der Waals surface area contributed by atoms with Gasteiger partial charge in [-0.15, -0.1) is 0 Å². The fourth-order valence-electron chi connectivity index (χ4n) is 3.41. The number of hydrogen-bond acceptors (Lipinski definition) is 5. The van der Waals surface area contributed by atoms with Crippen molar-refractivity contribution in [3.63, 3.8) is 0 Å². The van der Waals surface area contributed by atoms with Crippen molar-refractivity contribution in [2.75, 3.05) is 26.2 Å². The fraction of sp³-hybridized carbons (Fsp3) is 0.643. The maximum atomic E-state index is 12.5. The molecule has 0 radical (unpaired) electrons. The third-order valence-electron chi connectivity index (χ3n) is 4.63. The molecule has 2 aliphatic heterocycles. The molecule has 1 aromatic heterocycles. The number of sulfonamides is 1. The normalized spacial score (nSPS) is 28.1. The molecule has 0 saturated carbocycles. The number of likely N-dealkylation sites (tertiary alicyclic amines) is 1. The smallest absolute Gasteiger partial charge is 0.255 e. The van der Waals surface area contributed by atoms with Crippen LogP contribution in [0.2, 0.25) is 0 Å². The van der Waals surface area contributed by atoms with E-state index in [1.807, 2.05) is 6.92 Å². The number of rotatable bonds is 2.